The van der Waals surface area contributed by atoms with Gasteiger partial charge in [0.15, 0.2) is 4.67 Å². The molecule has 1 aromatic heterocycles. The number of nitrogens with zero attached hydrogens (tertiary/aromatic N) is 2. The highest BCUT2D eigenvalue weighted by atomic mass is 79.9. The van der Waals surface area contributed by atoms with Gasteiger partial charge in [0.05, 0.1) is 6.54 Å². The van der Waals surface area contributed by atoms with Gasteiger partial charge in [-0.3, -0.25) is 4.90 Å². The van der Waals surface area contributed by atoms with E-state index < -0.39 is 5.60 Å². The summed E-state index contributed by atoms with van der Waals surface area (Å²) >= 11 is 3.29. The van der Waals surface area contributed by atoms with Crippen LogP contribution in [0.1, 0.15) is 26.5 Å². The Morgan fingerprint density at radius 2 is 2.00 bits per heavy atom. The molecule has 7 heteroatoms. The van der Waals surface area contributed by atoms with Gasteiger partial charge in [-0.05, 0) is 48.8 Å². The second kappa shape index (κ2) is 8.17. The molecule has 1 N–H and O–H groups in total. The molecule has 0 spiro atoms. The highest BCUT2D eigenvalue weighted by molar-refractivity contribution is 9.10. The van der Waals surface area contributed by atoms with E-state index in [0.29, 0.717) is 0 Å². The number of furan rings is 1. The minimum atomic E-state index is -0.432. The number of nitrogens with one attached hydrogen (secondary N) is 1. The van der Waals surface area contributed by atoms with Crippen LogP contribution in [-0.2, 0) is 11.3 Å². The summed E-state index contributed by atoms with van der Waals surface area (Å²) in [5.74, 6) is 0.923. The maximum atomic E-state index is 12.0. The zero-order valence-corrected chi connectivity index (χ0v) is 15.7. The molecule has 0 aliphatic carbocycles. The van der Waals surface area contributed by atoms with Gasteiger partial charge in [-0.1, -0.05) is 0 Å². The van der Waals surface area contributed by atoms with E-state index in [-0.39, 0.29) is 6.09 Å². The molecule has 1 amide bonds. The second-order valence-corrected chi connectivity index (χ2v) is 7.47. The minimum absolute atomic E-state index is 0.210. The van der Waals surface area contributed by atoms with Crippen LogP contribution in [0.15, 0.2) is 21.2 Å². The summed E-state index contributed by atoms with van der Waals surface area (Å²) in [5.41, 5.74) is -0.432. The van der Waals surface area contributed by atoms with Crippen LogP contribution >= 0.6 is 15.9 Å². The SMILES string of the molecule is CC(C)(C)OC(=O)N1CCN(CCNCc2ccc(Br)o2)CC1. The Labute approximate surface area is 146 Å². The van der Waals surface area contributed by atoms with Crippen molar-refractivity contribution in [2.24, 2.45) is 0 Å². The monoisotopic (exact) mass is 387 g/mol. The molecular weight excluding hydrogens is 362 g/mol. The van der Waals surface area contributed by atoms with E-state index >= 15 is 0 Å². The maximum Gasteiger partial charge on any atom is 0.410 e. The molecule has 0 saturated carbocycles. The number of carbonyl (C=O) groups is 1. The highest BCUT2D eigenvalue weighted by Crippen LogP contribution is 2.14. The van der Waals surface area contributed by atoms with Gasteiger partial charge in [0.2, 0.25) is 0 Å². The molecule has 6 nitrogen and oxygen atoms in total. The lowest BCUT2D eigenvalue weighted by atomic mass is 10.2. The number of piperazine rings is 1. The first-order valence-electron chi connectivity index (χ1n) is 7.99. The second-order valence-electron chi connectivity index (χ2n) is 6.69. The molecule has 1 fully saturated rings. The number of rotatable bonds is 5. The molecular formula is C16H26BrN3O3. The molecule has 23 heavy (non-hydrogen) atoms. The van der Waals surface area contributed by atoms with Crippen LogP contribution in [0, 0.1) is 0 Å². The van der Waals surface area contributed by atoms with E-state index in [4.69, 9.17) is 9.15 Å². The van der Waals surface area contributed by atoms with Crippen molar-refractivity contribution in [3.05, 3.63) is 22.6 Å². The predicted molar refractivity (Wildman–Crippen MR) is 92.4 cm³/mol. The van der Waals surface area contributed by atoms with Crippen LogP contribution in [0.25, 0.3) is 0 Å². The highest BCUT2D eigenvalue weighted by Gasteiger charge is 2.25. The van der Waals surface area contributed by atoms with Gasteiger partial charge in [0, 0.05) is 39.3 Å². The Bertz CT molecular complexity index is 505. The van der Waals surface area contributed by atoms with E-state index in [1.54, 1.807) is 4.90 Å². The third kappa shape index (κ3) is 6.53. The summed E-state index contributed by atoms with van der Waals surface area (Å²) in [6.07, 6.45) is -0.210. The maximum absolute atomic E-state index is 12.0. The first-order chi connectivity index (χ1) is 10.8. The number of amides is 1. The fourth-order valence-corrected chi connectivity index (χ4v) is 2.72. The van der Waals surface area contributed by atoms with Crippen LogP contribution in [0.4, 0.5) is 4.79 Å². The Morgan fingerprint density at radius 1 is 1.30 bits per heavy atom. The molecule has 0 unspecified atom stereocenters. The Balaban J connectivity index is 1.60. The first kappa shape index (κ1) is 18.3. The van der Waals surface area contributed by atoms with Crippen molar-refractivity contribution in [1.29, 1.82) is 0 Å². The summed E-state index contributed by atoms with van der Waals surface area (Å²) < 4.78 is 11.6. The molecule has 2 rings (SSSR count). The molecule has 0 radical (unpaired) electrons. The summed E-state index contributed by atoms with van der Waals surface area (Å²) in [6, 6.07) is 3.85. The van der Waals surface area contributed by atoms with Gasteiger partial charge in [0.25, 0.3) is 0 Å². The number of ether oxygens (including phenoxy) is 1. The third-order valence-corrected chi connectivity index (χ3v) is 3.98. The lowest BCUT2D eigenvalue weighted by Gasteiger charge is -2.35. The van der Waals surface area contributed by atoms with E-state index in [1.165, 1.54) is 0 Å². The van der Waals surface area contributed by atoms with Crippen molar-refractivity contribution in [2.75, 3.05) is 39.3 Å². The van der Waals surface area contributed by atoms with Crippen molar-refractivity contribution in [3.8, 4) is 0 Å². The van der Waals surface area contributed by atoms with Crippen molar-refractivity contribution in [3.63, 3.8) is 0 Å². The quantitative estimate of drug-likeness (QED) is 0.787. The van der Waals surface area contributed by atoms with Crippen LogP contribution in [0.3, 0.4) is 0 Å². The Morgan fingerprint density at radius 3 is 2.57 bits per heavy atom. The zero-order chi connectivity index (χ0) is 16.9. The summed E-state index contributed by atoms with van der Waals surface area (Å²) in [5, 5.41) is 3.37. The van der Waals surface area contributed by atoms with Crippen LogP contribution in [-0.4, -0.2) is 60.8 Å². The normalized spacial score (nSPS) is 16.6. The average Bonchev–Trinajstić information content (AvgIpc) is 2.88. The fraction of sp³-hybridized carbons (Fsp3) is 0.688. The topological polar surface area (TPSA) is 58.0 Å². The zero-order valence-electron chi connectivity index (χ0n) is 14.1. The van der Waals surface area contributed by atoms with E-state index in [2.05, 4.69) is 26.1 Å². The van der Waals surface area contributed by atoms with Crippen molar-refractivity contribution >= 4 is 22.0 Å². The Hall–Kier alpha value is -1.05. The lowest BCUT2D eigenvalue weighted by molar-refractivity contribution is 0.0146. The summed E-state index contributed by atoms with van der Waals surface area (Å²) in [7, 11) is 0. The van der Waals surface area contributed by atoms with Crippen LogP contribution < -0.4 is 5.32 Å². The van der Waals surface area contributed by atoms with E-state index in [1.807, 2.05) is 32.9 Å². The summed E-state index contributed by atoms with van der Waals surface area (Å²) in [4.78, 5) is 16.1. The minimum Gasteiger partial charge on any atom is -0.453 e. The number of carbonyl (C=O) groups excluding carboxylic acids is 1. The Kier molecular flexibility index (Phi) is 6.50. The van der Waals surface area contributed by atoms with Crippen molar-refractivity contribution in [1.82, 2.24) is 15.1 Å². The molecule has 1 saturated heterocycles. The number of hydrogen-bond acceptors (Lipinski definition) is 5. The van der Waals surface area contributed by atoms with Crippen molar-refractivity contribution in [2.45, 2.75) is 32.9 Å². The molecule has 2 heterocycles. The number of halogens is 1. The standard InChI is InChI=1S/C16H26BrN3O3/c1-16(2,3)23-15(21)20-10-8-19(9-11-20)7-6-18-12-13-4-5-14(17)22-13/h4-5,18H,6-12H2,1-3H3. The van der Waals surface area contributed by atoms with Crippen LogP contribution in [0.2, 0.25) is 0 Å². The fourth-order valence-electron chi connectivity index (χ4n) is 2.38. The molecule has 1 aliphatic rings. The van der Waals surface area contributed by atoms with Gasteiger partial charge in [-0.2, -0.15) is 0 Å². The molecule has 0 bridgehead atoms. The smallest absolute Gasteiger partial charge is 0.410 e. The molecule has 1 aliphatic heterocycles. The van der Waals surface area contributed by atoms with Gasteiger partial charge in [0.1, 0.15) is 11.4 Å². The molecule has 0 atom stereocenters. The average molecular weight is 388 g/mol. The lowest BCUT2D eigenvalue weighted by Crippen LogP contribution is -2.51. The molecule has 1 aromatic rings. The van der Waals surface area contributed by atoms with Gasteiger partial charge in [-0.25, -0.2) is 4.79 Å². The van der Waals surface area contributed by atoms with Gasteiger partial charge in [-0.15, -0.1) is 0 Å². The first-order valence-corrected chi connectivity index (χ1v) is 8.78. The predicted octanol–water partition coefficient (Wildman–Crippen LogP) is 2.68. The summed E-state index contributed by atoms with van der Waals surface area (Å²) in [6.45, 7) is 11.5. The van der Waals surface area contributed by atoms with E-state index in [9.17, 15) is 4.79 Å². The van der Waals surface area contributed by atoms with Gasteiger partial charge >= 0.3 is 6.09 Å². The van der Waals surface area contributed by atoms with E-state index in [0.717, 1.165) is 56.2 Å². The molecule has 0 aromatic carbocycles. The largest absolute Gasteiger partial charge is 0.453 e. The van der Waals surface area contributed by atoms with Crippen LogP contribution in [0.5, 0.6) is 0 Å². The molecule has 130 valence electrons. The van der Waals surface area contributed by atoms with Crippen molar-refractivity contribution < 1.29 is 13.9 Å². The third-order valence-electron chi connectivity index (χ3n) is 3.56. The van der Waals surface area contributed by atoms with Gasteiger partial charge < -0.3 is 19.4 Å². The number of hydrogen-bond donors (Lipinski definition) is 1.